The fourth-order valence-electron chi connectivity index (χ4n) is 9.58. The summed E-state index contributed by atoms with van der Waals surface area (Å²) in [5, 5.41) is 14.1. The summed E-state index contributed by atoms with van der Waals surface area (Å²) in [6.07, 6.45) is 61.7. The molecule has 0 fully saturated rings. The zero-order valence-electron chi connectivity index (χ0n) is 46.6. The van der Waals surface area contributed by atoms with E-state index in [1.54, 1.807) is 0 Å². The number of phosphoric acid groups is 1. The maximum Gasteiger partial charge on any atom is 0.472 e. The molecule has 0 saturated heterocycles. The van der Waals surface area contributed by atoms with Crippen molar-refractivity contribution in [3.8, 4) is 0 Å². The van der Waals surface area contributed by atoms with Crippen molar-refractivity contribution in [2.24, 2.45) is 0 Å². The molecule has 0 aromatic rings. The fraction of sp³-hybridized carbons (Fsp3) is 0.983. The topological polar surface area (TPSA) is 105 Å². The first-order chi connectivity index (χ1) is 33.0. The van der Waals surface area contributed by atoms with E-state index in [0.717, 1.165) is 38.5 Å². The highest BCUT2D eigenvalue weighted by Gasteiger charge is 2.28. The molecule has 68 heavy (non-hydrogen) atoms. The molecule has 0 aliphatic heterocycles. The SMILES string of the molecule is CCCCCCCCCCCCCCCCCCCCCCCCCCCCCCCCC(O)C(COP(=O)(O)OCC[N+](C)(C)C)NC(=O)CCCCCCCCCCCCCCCCCC. The van der Waals surface area contributed by atoms with Crippen molar-refractivity contribution in [2.45, 2.75) is 334 Å². The zero-order chi connectivity index (χ0) is 49.9. The highest BCUT2D eigenvalue weighted by atomic mass is 31.2. The van der Waals surface area contributed by atoms with Crippen LogP contribution in [-0.4, -0.2) is 73.4 Å². The van der Waals surface area contributed by atoms with Gasteiger partial charge in [-0.15, -0.1) is 0 Å². The smallest absolute Gasteiger partial charge is 0.391 e. The van der Waals surface area contributed by atoms with Gasteiger partial charge in [0, 0.05) is 6.42 Å². The standard InChI is InChI=1S/C59H121N2O6P/c1-6-8-10-12-14-16-18-20-22-24-25-26-27-28-29-30-31-32-33-34-35-36-37-38-40-42-44-46-48-50-52-58(62)57(56-67-68(64,65)66-55-54-61(3,4)5)60-59(63)53-51-49-47-45-43-41-39-23-21-19-17-15-13-11-9-7-2/h57-58,62H,6-56H2,1-5H3,(H-,60,63,64,65)/p+1. The third-order valence-corrected chi connectivity index (χ3v) is 15.3. The molecule has 1 amide bonds. The van der Waals surface area contributed by atoms with Crippen molar-refractivity contribution >= 4 is 13.7 Å². The predicted octanol–water partition coefficient (Wildman–Crippen LogP) is 18.4. The molecule has 3 atom stereocenters. The first kappa shape index (κ1) is 67.5. The number of hydrogen-bond acceptors (Lipinski definition) is 5. The van der Waals surface area contributed by atoms with Crippen LogP contribution in [0.15, 0.2) is 0 Å². The summed E-state index contributed by atoms with van der Waals surface area (Å²) in [4.78, 5) is 23.3. The number of amides is 1. The molecule has 0 saturated carbocycles. The van der Waals surface area contributed by atoms with Crippen LogP contribution in [0.2, 0.25) is 0 Å². The molecule has 8 nitrogen and oxygen atoms in total. The van der Waals surface area contributed by atoms with Crippen LogP contribution in [0.1, 0.15) is 322 Å². The van der Waals surface area contributed by atoms with E-state index in [2.05, 4.69) is 19.2 Å². The van der Waals surface area contributed by atoms with Crippen molar-refractivity contribution in [3.63, 3.8) is 0 Å². The lowest BCUT2D eigenvalue weighted by atomic mass is 10.0. The molecular weight excluding hydrogens is 864 g/mol. The van der Waals surface area contributed by atoms with Crippen LogP contribution in [-0.2, 0) is 18.4 Å². The predicted molar refractivity (Wildman–Crippen MR) is 296 cm³/mol. The van der Waals surface area contributed by atoms with Crippen LogP contribution < -0.4 is 5.32 Å². The number of aliphatic hydroxyl groups excluding tert-OH is 1. The van der Waals surface area contributed by atoms with E-state index in [1.807, 2.05) is 21.1 Å². The van der Waals surface area contributed by atoms with E-state index in [9.17, 15) is 19.4 Å². The number of unbranched alkanes of at least 4 members (excludes halogenated alkanes) is 44. The van der Waals surface area contributed by atoms with Crippen LogP contribution in [0, 0.1) is 0 Å². The van der Waals surface area contributed by atoms with Gasteiger partial charge in [0.2, 0.25) is 5.91 Å². The Labute approximate surface area is 425 Å². The van der Waals surface area contributed by atoms with E-state index < -0.39 is 20.0 Å². The molecule has 0 bridgehead atoms. The third-order valence-electron chi connectivity index (χ3n) is 14.4. The number of rotatable bonds is 57. The van der Waals surface area contributed by atoms with Gasteiger partial charge in [0.05, 0.1) is 39.9 Å². The largest absolute Gasteiger partial charge is 0.472 e. The summed E-state index contributed by atoms with van der Waals surface area (Å²) in [5.41, 5.74) is 0. The molecule has 3 N–H and O–H groups in total. The maximum absolute atomic E-state index is 13.0. The number of likely N-dealkylation sites (N-methyl/N-ethyl adjacent to an activating group) is 1. The molecule has 0 spiro atoms. The first-order valence-electron chi connectivity index (χ1n) is 30.4. The number of phosphoric ester groups is 1. The highest BCUT2D eigenvalue weighted by Crippen LogP contribution is 2.43. The van der Waals surface area contributed by atoms with Crippen molar-refractivity contribution in [1.29, 1.82) is 0 Å². The van der Waals surface area contributed by atoms with Gasteiger partial charge >= 0.3 is 7.82 Å². The van der Waals surface area contributed by atoms with Gasteiger partial charge in [-0.25, -0.2) is 4.57 Å². The normalized spacial score (nSPS) is 13.8. The van der Waals surface area contributed by atoms with Gasteiger partial charge < -0.3 is 19.8 Å². The summed E-state index contributed by atoms with van der Waals surface area (Å²) in [7, 11) is 1.64. The number of nitrogens with one attached hydrogen (secondary N) is 1. The third kappa shape index (κ3) is 53.3. The van der Waals surface area contributed by atoms with E-state index >= 15 is 0 Å². The summed E-state index contributed by atoms with van der Waals surface area (Å²) in [5.74, 6) is -0.137. The summed E-state index contributed by atoms with van der Waals surface area (Å²) in [6, 6.07) is -0.755. The second-order valence-corrected chi connectivity index (χ2v) is 23.9. The summed E-state index contributed by atoms with van der Waals surface area (Å²) in [6.45, 7) is 4.95. The number of carbonyl (C=O) groups excluding carboxylic acids is 1. The number of aliphatic hydroxyl groups is 1. The van der Waals surface area contributed by atoms with Gasteiger partial charge in [-0.05, 0) is 12.8 Å². The van der Waals surface area contributed by atoms with E-state index in [1.165, 1.54) is 257 Å². The Hall–Kier alpha value is -0.500. The average molecular weight is 987 g/mol. The monoisotopic (exact) mass is 986 g/mol. The van der Waals surface area contributed by atoms with E-state index in [4.69, 9.17) is 9.05 Å². The Kier molecular flexibility index (Phi) is 51.0. The molecule has 0 aromatic heterocycles. The molecule has 408 valence electrons. The van der Waals surface area contributed by atoms with Crippen LogP contribution in [0.5, 0.6) is 0 Å². The lowest BCUT2D eigenvalue weighted by Crippen LogP contribution is -2.46. The van der Waals surface area contributed by atoms with Crippen molar-refractivity contribution in [2.75, 3.05) is 40.9 Å². The minimum atomic E-state index is -4.32. The molecule has 0 rings (SSSR count). The summed E-state index contributed by atoms with van der Waals surface area (Å²) >= 11 is 0. The minimum absolute atomic E-state index is 0.0791. The Morgan fingerprint density at radius 3 is 0.985 bits per heavy atom. The second-order valence-electron chi connectivity index (χ2n) is 22.4. The summed E-state index contributed by atoms with van der Waals surface area (Å²) < 4.78 is 23.8. The Morgan fingerprint density at radius 2 is 0.706 bits per heavy atom. The van der Waals surface area contributed by atoms with Gasteiger partial charge in [0.1, 0.15) is 13.2 Å². The van der Waals surface area contributed by atoms with Crippen molar-refractivity contribution in [3.05, 3.63) is 0 Å². The van der Waals surface area contributed by atoms with Gasteiger partial charge in [-0.3, -0.25) is 13.8 Å². The first-order valence-corrected chi connectivity index (χ1v) is 31.9. The van der Waals surface area contributed by atoms with Crippen LogP contribution in [0.25, 0.3) is 0 Å². The number of quaternary nitrogens is 1. The average Bonchev–Trinajstić information content (AvgIpc) is 3.30. The van der Waals surface area contributed by atoms with Crippen LogP contribution in [0.3, 0.4) is 0 Å². The maximum atomic E-state index is 13.0. The van der Waals surface area contributed by atoms with Crippen molar-refractivity contribution in [1.82, 2.24) is 5.32 Å². The minimum Gasteiger partial charge on any atom is -0.391 e. The fourth-order valence-corrected chi connectivity index (χ4v) is 10.3. The number of nitrogens with zero attached hydrogens (tertiary/aromatic N) is 1. The molecule has 9 heteroatoms. The van der Waals surface area contributed by atoms with Gasteiger partial charge in [-0.1, -0.05) is 303 Å². The van der Waals surface area contributed by atoms with Crippen LogP contribution >= 0.6 is 7.82 Å². The second kappa shape index (κ2) is 51.4. The Morgan fingerprint density at radius 1 is 0.441 bits per heavy atom. The van der Waals surface area contributed by atoms with Crippen LogP contribution in [0.4, 0.5) is 0 Å². The van der Waals surface area contributed by atoms with Gasteiger partial charge in [-0.2, -0.15) is 0 Å². The quantitative estimate of drug-likeness (QED) is 0.0319. The Balaban J connectivity index is 4.01. The van der Waals surface area contributed by atoms with Gasteiger partial charge in [0.15, 0.2) is 0 Å². The van der Waals surface area contributed by atoms with Gasteiger partial charge in [0.25, 0.3) is 0 Å². The van der Waals surface area contributed by atoms with Crippen molar-refractivity contribution < 1.29 is 32.9 Å². The highest BCUT2D eigenvalue weighted by molar-refractivity contribution is 7.47. The zero-order valence-corrected chi connectivity index (χ0v) is 47.5. The molecule has 0 radical (unpaired) electrons. The molecule has 0 heterocycles. The van der Waals surface area contributed by atoms with E-state index in [-0.39, 0.29) is 19.1 Å². The van der Waals surface area contributed by atoms with E-state index in [0.29, 0.717) is 23.9 Å². The molecule has 0 aromatic carbocycles. The lowest BCUT2D eigenvalue weighted by molar-refractivity contribution is -0.870. The molecule has 3 unspecified atom stereocenters. The lowest BCUT2D eigenvalue weighted by Gasteiger charge is -2.26. The number of hydrogen-bond donors (Lipinski definition) is 3. The molecule has 0 aliphatic rings. The molecule has 0 aliphatic carbocycles. The molecular formula is C59H122N2O6P+. The number of carbonyl (C=O) groups is 1. The Bertz CT molecular complexity index is 1070.